The highest BCUT2D eigenvalue weighted by atomic mass is 16.8. The number of para-hydroxylation sites is 1. The monoisotopic (exact) mass is 428 g/mol. The van der Waals surface area contributed by atoms with Gasteiger partial charge in [-0.2, -0.15) is 0 Å². The second-order valence-electron chi connectivity index (χ2n) is 11.1. The predicted molar refractivity (Wildman–Crippen MR) is 121 cm³/mol. The quantitative estimate of drug-likeness (QED) is 0.484. The van der Waals surface area contributed by atoms with E-state index in [0.717, 1.165) is 34.6 Å². The van der Waals surface area contributed by atoms with Crippen molar-refractivity contribution in [2.24, 2.45) is 0 Å². The Morgan fingerprint density at radius 2 is 1.61 bits per heavy atom. The topological polar surface area (TPSA) is 57.0 Å². The normalized spacial score (nSPS) is 29.2. The average molecular weight is 428 g/mol. The molecule has 0 unspecified atom stereocenters. The summed E-state index contributed by atoms with van der Waals surface area (Å²) >= 11 is 0. The third kappa shape index (κ3) is 4.27. The van der Waals surface area contributed by atoms with E-state index in [0.29, 0.717) is 12.8 Å². The van der Waals surface area contributed by atoms with Gasteiger partial charge in [-0.3, -0.25) is 0 Å². The molecule has 168 valence electrons. The Bertz CT molecular complexity index is 877. The zero-order valence-corrected chi connectivity index (χ0v) is 19.9. The number of benzene rings is 1. The highest BCUT2D eigenvalue weighted by Gasteiger charge is 2.55. The first kappa shape index (κ1) is 22.3. The highest BCUT2D eigenvalue weighted by molar-refractivity contribution is 6.69. The van der Waals surface area contributed by atoms with Gasteiger partial charge in [0.15, 0.2) is 5.60 Å². The number of fused-ring (bicyclic) bond motifs is 1. The van der Waals surface area contributed by atoms with Gasteiger partial charge in [-0.25, -0.2) is 4.84 Å². The van der Waals surface area contributed by atoms with Gasteiger partial charge in [-0.15, -0.1) is 0 Å². The summed E-state index contributed by atoms with van der Waals surface area (Å²) in [6.07, 6.45) is 5.07. The number of ether oxygens (including phenoxy) is 1. The van der Waals surface area contributed by atoms with Crippen molar-refractivity contribution in [2.45, 2.75) is 103 Å². The van der Waals surface area contributed by atoms with Crippen LogP contribution >= 0.6 is 0 Å². The molecule has 0 amide bonds. The summed E-state index contributed by atoms with van der Waals surface area (Å²) in [5, 5.41) is 0. The van der Waals surface area contributed by atoms with E-state index >= 15 is 0 Å². The van der Waals surface area contributed by atoms with Crippen molar-refractivity contribution in [1.29, 1.82) is 0 Å². The zero-order chi connectivity index (χ0) is 22.7. The van der Waals surface area contributed by atoms with E-state index < -0.39 is 29.5 Å². The van der Waals surface area contributed by atoms with Crippen molar-refractivity contribution in [3.8, 4) is 5.75 Å². The minimum Gasteiger partial charge on any atom is -0.483 e. The second kappa shape index (κ2) is 7.34. The molecule has 0 N–H and O–H groups in total. The standard InChI is InChI=1S/C24H35BNO5/c1-21(2,3)31-26(27)17-12-14-24(15-13-17)16-19(18-10-8-9-11-20(18)28-24)25-29-22(4,5)23(6,7)30-25/h8-11,16-17H,12-15H2,1-7H3/q+1. The molecule has 31 heavy (non-hydrogen) atoms. The maximum Gasteiger partial charge on any atom is 0.495 e. The maximum absolute atomic E-state index is 12.5. The fourth-order valence-electron chi connectivity index (χ4n) is 4.46. The van der Waals surface area contributed by atoms with E-state index in [-0.39, 0.29) is 6.04 Å². The Kier molecular flexibility index (Phi) is 5.29. The van der Waals surface area contributed by atoms with Crippen LogP contribution in [0.25, 0.3) is 5.47 Å². The van der Waals surface area contributed by atoms with Crippen LogP contribution in [0.5, 0.6) is 5.75 Å². The van der Waals surface area contributed by atoms with Crippen molar-refractivity contribution in [3.63, 3.8) is 0 Å². The van der Waals surface area contributed by atoms with Gasteiger partial charge in [0.05, 0.1) is 16.1 Å². The third-order valence-electron chi connectivity index (χ3n) is 6.90. The Balaban J connectivity index is 1.59. The molecule has 7 heteroatoms. The second-order valence-corrected chi connectivity index (χ2v) is 11.1. The SMILES string of the molecule is CC(C)(C)O[N+](=O)C1CCC2(C=C(B3OC(C)(C)C(C)(C)O3)c3ccccc3O2)CC1. The first-order chi connectivity index (χ1) is 14.3. The predicted octanol–water partition coefficient (Wildman–Crippen LogP) is 5.28. The van der Waals surface area contributed by atoms with Gasteiger partial charge in [0.1, 0.15) is 11.4 Å². The molecule has 4 rings (SSSR count). The summed E-state index contributed by atoms with van der Waals surface area (Å²) in [5.74, 6) is 0.845. The van der Waals surface area contributed by atoms with Gasteiger partial charge in [-0.05, 0) is 78.9 Å². The van der Waals surface area contributed by atoms with Gasteiger partial charge >= 0.3 is 7.12 Å². The van der Waals surface area contributed by atoms with Gasteiger partial charge in [0.2, 0.25) is 4.92 Å². The Morgan fingerprint density at radius 3 is 2.19 bits per heavy atom. The molecule has 0 radical (unpaired) electrons. The van der Waals surface area contributed by atoms with E-state index in [1.54, 1.807) is 0 Å². The van der Waals surface area contributed by atoms with Crippen molar-refractivity contribution >= 4 is 12.6 Å². The van der Waals surface area contributed by atoms with E-state index in [1.165, 1.54) is 0 Å². The molecule has 1 aromatic carbocycles. The van der Waals surface area contributed by atoms with Crippen LogP contribution in [0.1, 0.15) is 79.7 Å². The minimum atomic E-state index is -0.499. The van der Waals surface area contributed by atoms with Gasteiger partial charge in [-0.1, -0.05) is 18.2 Å². The van der Waals surface area contributed by atoms with E-state index in [9.17, 15) is 4.91 Å². The lowest BCUT2D eigenvalue weighted by Gasteiger charge is -2.40. The Morgan fingerprint density at radius 1 is 1.03 bits per heavy atom. The molecular weight excluding hydrogens is 393 g/mol. The minimum absolute atomic E-state index is 0.167. The smallest absolute Gasteiger partial charge is 0.483 e. The van der Waals surface area contributed by atoms with Gasteiger partial charge in [0.25, 0.3) is 6.04 Å². The molecular formula is C24H35BNO5+. The summed E-state index contributed by atoms with van der Waals surface area (Å²) in [6, 6.07) is 7.89. The lowest BCUT2D eigenvalue weighted by atomic mass is 9.68. The first-order valence-corrected chi connectivity index (χ1v) is 11.3. The number of rotatable bonds is 3. The van der Waals surface area contributed by atoms with E-state index in [4.69, 9.17) is 18.9 Å². The molecule has 0 atom stereocenters. The van der Waals surface area contributed by atoms with Crippen LogP contribution in [0.15, 0.2) is 30.3 Å². The van der Waals surface area contributed by atoms with Gasteiger partial charge < -0.3 is 14.0 Å². The summed E-state index contributed by atoms with van der Waals surface area (Å²) in [7, 11) is -0.454. The molecule has 2 aliphatic heterocycles. The molecule has 1 aliphatic carbocycles. The summed E-state index contributed by atoms with van der Waals surface area (Å²) in [4.78, 5) is 18.8. The van der Waals surface area contributed by atoms with Crippen LogP contribution in [0.2, 0.25) is 0 Å². The molecule has 3 aliphatic rings. The average Bonchev–Trinajstić information content (AvgIpc) is 2.87. The Labute approximate surface area is 185 Å². The molecule has 1 aromatic rings. The fraction of sp³-hybridized carbons (Fsp3) is 0.667. The number of nitrogens with zero attached hydrogens (tertiary/aromatic N) is 1. The summed E-state index contributed by atoms with van der Waals surface area (Å²) < 4.78 is 19.3. The van der Waals surface area contributed by atoms with Crippen molar-refractivity contribution in [3.05, 3.63) is 40.8 Å². The molecule has 1 saturated heterocycles. The van der Waals surface area contributed by atoms with E-state index in [1.807, 2.05) is 39.0 Å². The van der Waals surface area contributed by atoms with Gasteiger partial charge in [0, 0.05) is 18.4 Å². The highest BCUT2D eigenvalue weighted by Crippen LogP contribution is 2.47. The maximum atomic E-state index is 12.5. The van der Waals surface area contributed by atoms with Crippen LogP contribution in [0.4, 0.5) is 0 Å². The first-order valence-electron chi connectivity index (χ1n) is 11.3. The number of hydrogen-bond acceptors (Lipinski definition) is 5. The van der Waals surface area contributed by atoms with Crippen LogP contribution < -0.4 is 4.74 Å². The van der Waals surface area contributed by atoms with Crippen molar-refractivity contribution in [2.75, 3.05) is 0 Å². The Hall–Kier alpha value is -1.86. The molecule has 1 spiro atoms. The molecule has 0 bridgehead atoms. The lowest BCUT2D eigenvalue weighted by molar-refractivity contribution is -0.844. The molecule has 6 nitrogen and oxygen atoms in total. The molecule has 1 saturated carbocycles. The van der Waals surface area contributed by atoms with Crippen LogP contribution in [-0.4, -0.2) is 40.5 Å². The van der Waals surface area contributed by atoms with Crippen LogP contribution in [0.3, 0.4) is 0 Å². The third-order valence-corrected chi connectivity index (χ3v) is 6.90. The van der Waals surface area contributed by atoms with Crippen molar-refractivity contribution < 1.29 is 23.8 Å². The lowest BCUT2D eigenvalue weighted by Crippen LogP contribution is -2.45. The fourth-order valence-corrected chi connectivity index (χ4v) is 4.46. The van der Waals surface area contributed by atoms with Crippen LogP contribution in [-0.2, 0) is 14.1 Å². The van der Waals surface area contributed by atoms with E-state index in [2.05, 4.69) is 39.8 Å². The molecule has 2 fully saturated rings. The van der Waals surface area contributed by atoms with Crippen molar-refractivity contribution in [1.82, 2.24) is 0 Å². The largest absolute Gasteiger partial charge is 0.495 e. The zero-order valence-electron chi connectivity index (χ0n) is 19.9. The molecule has 2 heterocycles. The molecule has 0 aromatic heterocycles. The summed E-state index contributed by atoms with van der Waals surface area (Å²) in [5.41, 5.74) is 0.237. The number of hydrogen-bond donors (Lipinski definition) is 0. The summed E-state index contributed by atoms with van der Waals surface area (Å²) in [6.45, 7) is 13.9. The van der Waals surface area contributed by atoms with Crippen LogP contribution in [0, 0.1) is 4.91 Å².